The van der Waals surface area contributed by atoms with E-state index in [1.807, 2.05) is 25.7 Å². The topological polar surface area (TPSA) is 66.9 Å². The van der Waals surface area contributed by atoms with Crippen LogP contribution in [0.2, 0.25) is 0 Å². The number of carbonyl (C=O) groups is 3. The predicted octanol–water partition coefficient (Wildman–Crippen LogP) is 2.36. The zero-order valence-corrected chi connectivity index (χ0v) is 16.0. The molecule has 25 heavy (non-hydrogen) atoms. The van der Waals surface area contributed by atoms with Gasteiger partial charge in [-0.2, -0.15) is 0 Å². The van der Waals surface area contributed by atoms with Crippen LogP contribution in [0.4, 0.5) is 0 Å². The van der Waals surface area contributed by atoms with Crippen molar-refractivity contribution in [3.05, 3.63) is 0 Å². The zero-order chi connectivity index (χ0) is 18.6. The number of amides is 2. The molecule has 0 aromatic heterocycles. The smallest absolute Gasteiger partial charge is 0.306 e. The van der Waals surface area contributed by atoms with Crippen molar-refractivity contribution in [1.82, 2.24) is 9.80 Å². The van der Waals surface area contributed by atoms with Gasteiger partial charge in [0, 0.05) is 39.0 Å². The third-order valence-corrected chi connectivity index (χ3v) is 4.94. The summed E-state index contributed by atoms with van der Waals surface area (Å²) >= 11 is 0. The highest BCUT2D eigenvalue weighted by Gasteiger charge is 2.39. The lowest BCUT2D eigenvalue weighted by Crippen LogP contribution is -2.38. The Labute approximate surface area is 150 Å². The second kappa shape index (κ2) is 8.19. The Bertz CT molecular complexity index is 506. The number of hydrogen-bond acceptors (Lipinski definition) is 4. The minimum absolute atomic E-state index is 0.0121. The van der Waals surface area contributed by atoms with Crippen molar-refractivity contribution < 1.29 is 19.1 Å². The average Bonchev–Trinajstić information content (AvgIpc) is 3.13. The lowest BCUT2D eigenvalue weighted by molar-refractivity contribution is -0.155. The van der Waals surface area contributed by atoms with Crippen molar-refractivity contribution in [2.75, 3.05) is 20.1 Å². The van der Waals surface area contributed by atoms with E-state index in [0.29, 0.717) is 38.4 Å². The molecule has 1 saturated heterocycles. The van der Waals surface area contributed by atoms with E-state index in [1.54, 1.807) is 11.9 Å². The van der Waals surface area contributed by atoms with Gasteiger partial charge in [-0.3, -0.25) is 14.4 Å². The Kier molecular flexibility index (Phi) is 6.47. The highest BCUT2D eigenvalue weighted by atomic mass is 16.6. The van der Waals surface area contributed by atoms with Crippen LogP contribution in [0.3, 0.4) is 0 Å². The quantitative estimate of drug-likeness (QED) is 0.688. The maximum Gasteiger partial charge on any atom is 0.306 e. The minimum Gasteiger partial charge on any atom is -0.460 e. The predicted molar refractivity (Wildman–Crippen MR) is 94.8 cm³/mol. The van der Waals surface area contributed by atoms with Crippen LogP contribution < -0.4 is 0 Å². The van der Waals surface area contributed by atoms with E-state index in [2.05, 4.69) is 0 Å². The van der Waals surface area contributed by atoms with Gasteiger partial charge in [0.15, 0.2) is 0 Å². The van der Waals surface area contributed by atoms with Gasteiger partial charge in [-0.15, -0.1) is 0 Å². The largest absolute Gasteiger partial charge is 0.460 e. The molecule has 1 aliphatic heterocycles. The van der Waals surface area contributed by atoms with Crippen LogP contribution in [0.15, 0.2) is 0 Å². The SMILES string of the molecule is CN(CCCC(=O)OC(C)(C)C)C(=O)C1CC(=O)N(C2CCCC2)C1. The van der Waals surface area contributed by atoms with Crippen LogP contribution in [-0.4, -0.2) is 59.4 Å². The van der Waals surface area contributed by atoms with Crippen LogP contribution in [0, 0.1) is 5.92 Å². The van der Waals surface area contributed by atoms with Gasteiger partial charge in [0.05, 0.1) is 5.92 Å². The molecule has 6 nitrogen and oxygen atoms in total. The highest BCUT2D eigenvalue weighted by molar-refractivity contribution is 5.89. The molecule has 2 fully saturated rings. The van der Waals surface area contributed by atoms with E-state index >= 15 is 0 Å². The molecule has 1 atom stereocenters. The molecular weight excluding hydrogens is 320 g/mol. The molecule has 1 aliphatic carbocycles. The Balaban J connectivity index is 1.74. The van der Waals surface area contributed by atoms with Crippen molar-refractivity contribution in [3.63, 3.8) is 0 Å². The summed E-state index contributed by atoms with van der Waals surface area (Å²) in [5.74, 6) is -0.345. The molecule has 0 spiro atoms. The molecule has 2 amide bonds. The first-order chi connectivity index (χ1) is 11.7. The molecule has 142 valence electrons. The molecule has 0 N–H and O–H groups in total. The second-order valence-electron chi connectivity index (χ2n) is 8.34. The van der Waals surface area contributed by atoms with Crippen LogP contribution >= 0.6 is 0 Å². The number of rotatable bonds is 6. The Hall–Kier alpha value is -1.59. The van der Waals surface area contributed by atoms with Gasteiger partial charge >= 0.3 is 5.97 Å². The number of likely N-dealkylation sites (tertiary alicyclic amines) is 1. The normalized spacial score (nSPS) is 21.7. The average molecular weight is 352 g/mol. The van der Waals surface area contributed by atoms with E-state index in [-0.39, 0.29) is 23.7 Å². The molecule has 1 unspecified atom stereocenters. The monoisotopic (exact) mass is 352 g/mol. The van der Waals surface area contributed by atoms with E-state index in [0.717, 1.165) is 12.8 Å². The number of ether oxygens (including phenoxy) is 1. The summed E-state index contributed by atoms with van der Waals surface area (Å²) in [6, 6.07) is 0.336. The van der Waals surface area contributed by atoms with E-state index in [9.17, 15) is 14.4 Å². The zero-order valence-electron chi connectivity index (χ0n) is 16.0. The molecule has 0 aromatic rings. The van der Waals surface area contributed by atoms with Gasteiger partial charge in [-0.1, -0.05) is 12.8 Å². The molecule has 1 heterocycles. The first-order valence-electron chi connectivity index (χ1n) is 9.43. The fourth-order valence-electron chi connectivity index (χ4n) is 3.74. The van der Waals surface area contributed by atoms with Gasteiger partial charge in [-0.05, 0) is 40.0 Å². The molecular formula is C19H32N2O4. The summed E-state index contributed by atoms with van der Waals surface area (Å²) in [6.07, 6.45) is 5.69. The second-order valence-corrected chi connectivity index (χ2v) is 8.34. The summed E-state index contributed by atoms with van der Waals surface area (Å²) in [5, 5.41) is 0. The van der Waals surface area contributed by atoms with E-state index < -0.39 is 5.60 Å². The maximum absolute atomic E-state index is 12.6. The van der Waals surface area contributed by atoms with Gasteiger partial charge in [0.25, 0.3) is 0 Å². The molecule has 6 heteroatoms. The van der Waals surface area contributed by atoms with Crippen molar-refractivity contribution in [2.24, 2.45) is 5.92 Å². The maximum atomic E-state index is 12.6. The number of carbonyl (C=O) groups excluding carboxylic acids is 3. The highest BCUT2D eigenvalue weighted by Crippen LogP contribution is 2.30. The van der Waals surface area contributed by atoms with Crippen molar-refractivity contribution in [1.29, 1.82) is 0 Å². The number of esters is 1. The molecule has 0 radical (unpaired) electrons. The minimum atomic E-state index is -0.479. The summed E-state index contributed by atoms with van der Waals surface area (Å²) < 4.78 is 5.27. The van der Waals surface area contributed by atoms with Crippen molar-refractivity contribution in [3.8, 4) is 0 Å². The van der Waals surface area contributed by atoms with Gasteiger partial charge in [-0.25, -0.2) is 0 Å². The Morgan fingerprint density at radius 1 is 1.24 bits per heavy atom. The molecule has 0 bridgehead atoms. The summed E-state index contributed by atoms with van der Waals surface area (Å²) in [5.41, 5.74) is -0.479. The molecule has 0 aromatic carbocycles. The first kappa shape index (κ1) is 19.7. The van der Waals surface area contributed by atoms with Crippen LogP contribution in [0.25, 0.3) is 0 Å². The molecule has 2 aliphatic rings. The van der Waals surface area contributed by atoms with Crippen LogP contribution in [0.5, 0.6) is 0 Å². The third kappa shape index (κ3) is 5.72. The summed E-state index contributed by atoms with van der Waals surface area (Å²) in [7, 11) is 1.75. The number of hydrogen-bond donors (Lipinski definition) is 0. The standard InChI is InChI=1S/C19H32N2O4/c1-19(2,3)25-17(23)10-7-11-20(4)18(24)14-12-16(22)21(13-14)15-8-5-6-9-15/h14-15H,5-13H2,1-4H3. The van der Waals surface area contributed by atoms with Crippen molar-refractivity contribution >= 4 is 17.8 Å². The fourth-order valence-corrected chi connectivity index (χ4v) is 3.74. The lowest BCUT2D eigenvalue weighted by atomic mass is 10.1. The molecule has 1 saturated carbocycles. The number of nitrogens with zero attached hydrogens (tertiary/aromatic N) is 2. The summed E-state index contributed by atoms with van der Waals surface area (Å²) in [6.45, 7) is 6.58. The van der Waals surface area contributed by atoms with E-state index in [1.165, 1.54) is 12.8 Å². The summed E-state index contributed by atoms with van der Waals surface area (Å²) in [4.78, 5) is 40.1. The fraction of sp³-hybridized carbons (Fsp3) is 0.842. The van der Waals surface area contributed by atoms with Gasteiger partial charge in [0.1, 0.15) is 5.60 Å². The Morgan fingerprint density at radius 3 is 2.48 bits per heavy atom. The lowest BCUT2D eigenvalue weighted by Gasteiger charge is -2.25. The third-order valence-electron chi connectivity index (χ3n) is 4.94. The van der Waals surface area contributed by atoms with Crippen LogP contribution in [0.1, 0.15) is 65.7 Å². The van der Waals surface area contributed by atoms with Crippen LogP contribution in [-0.2, 0) is 19.1 Å². The van der Waals surface area contributed by atoms with Crippen molar-refractivity contribution in [2.45, 2.75) is 77.4 Å². The van der Waals surface area contributed by atoms with Gasteiger partial charge in [0.2, 0.25) is 11.8 Å². The first-order valence-corrected chi connectivity index (χ1v) is 9.43. The van der Waals surface area contributed by atoms with E-state index in [4.69, 9.17) is 4.74 Å². The Morgan fingerprint density at radius 2 is 1.88 bits per heavy atom. The van der Waals surface area contributed by atoms with Gasteiger partial charge < -0.3 is 14.5 Å². The molecule has 2 rings (SSSR count).